The highest BCUT2D eigenvalue weighted by molar-refractivity contribution is 5.94. The quantitative estimate of drug-likeness (QED) is 0.670. The predicted molar refractivity (Wildman–Crippen MR) is 67.4 cm³/mol. The molecule has 1 unspecified atom stereocenters. The summed E-state index contributed by atoms with van der Waals surface area (Å²) < 4.78 is 0. The Kier molecular flexibility index (Phi) is 4.34. The molecule has 0 saturated heterocycles. The molecule has 5 heteroatoms. The van der Waals surface area contributed by atoms with Gasteiger partial charge in [0.2, 0.25) is 0 Å². The maximum absolute atomic E-state index is 10.8. The Hall–Kier alpha value is -1.75. The maximum Gasteiger partial charge on any atom is 0.337 e. The second-order valence-electron chi connectivity index (χ2n) is 4.14. The van der Waals surface area contributed by atoms with E-state index in [9.17, 15) is 9.90 Å². The fourth-order valence-corrected chi connectivity index (χ4v) is 1.49. The molecule has 0 aliphatic heterocycles. The molecule has 17 heavy (non-hydrogen) atoms. The first kappa shape index (κ1) is 13.3. The van der Waals surface area contributed by atoms with Gasteiger partial charge in [-0.2, -0.15) is 0 Å². The SMILES string of the molecule is CC(O)CCN(C)c1ccc(C(=O)O)c(N)c1. The zero-order chi connectivity index (χ0) is 13.0. The lowest BCUT2D eigenvalue weighted by atomic mass is 10.1. The fraction of sp³-hybridized carbons (Fsp3) is 0.417. The number of carboxylic acids is 1. The molecule has 0 spiro atoms. The van der Waals surface area contributed by atoms with E-state index in [1.54, 1.807) is 19.1 Å². The van der Waals surface area contributed by atoms with Crippen molar-refractivity contribution >= 4 is 17.3 Å². The molecule has 0 saturated carbocycles. The summed E-state index contributed by atoms with van der Waals surface area (Å²) in [5.41, 5.74) is 6.86. The lowest BCUT2D eigenvalue weighted by molar-refractivity contribution is 0.0698. The number of benzene rings is 1. The van der Waals surface area contributed by atoms with Crippen LogP contribution in [0.25, 0.3) is 0 Å². The van der Waals surface area contributed by atoms with Gasteiger partial charge in [-0.1, -0.05) is 0 Å². The summed E-state index contributed by atoms with van der Waals surface area (Å²) >= 11 is 0. The zero-order valence-corrected chi connectivity index (χ0v) is 10.1. The van der Waals surface area contributed by atoms with Crippen LogP contribution in [0.2, 0.25) is 0 Å². The number of anilines is 2. The Morgan fingerprint density at radius 1 is 1.53 bits per heavy atom. The number of nitrogens with two attached hydrogens (primary N) is 1. The molecule has 1 aromatic rings. The molecular formula is C12H18N2O3. The van der Waals surface area contributed by atoms with Crippen molar-refractivity contribution in [1.82, 2.24) is 0 Å². The Bertz CT molecular complexity index is 405. The number of carbonyl (C=O) groups is 1. The lowest BCUT2D eigenvalue weighted by Crippen LogP contribution is -2.22. The Morgan fingerprint density at radius 3 is 2.65 bits per heavy atom. The van der Waals surface area contributed by atoms with Gasteiger partial charge in [0.05, 0.1) is 11.7 Å². The van der Waals surface area contributed by atoms with Crippen LogP contribution in [0.4, 0.5) is 11.4 Å². The molecule has 1 atom stereocenters. The number of hydrogen-bond donors (Lipinski definition) is 3. The fourth-order valence-electron chi connectivity index (χ4n) is 1.49. The molecule has 0 aliphatic carbocycles. The minimum Gasteiger partial charge on any atom is -0.478 e. The highest BCUT2D eigenvalue weighted by Gasteiger charge is 2.10. The van der Waals surface area contributed by atoms with Gasteiger partial charge in [0.15, 0.2) is 0 Å². The summed E-state index contributed by atoms with van der Waals surface area (Å²) in [5, 5.41) is 18.0. The average molecular weight is 238 g/mol. The normalized spacial score (nSPS) is 12.2. The first-order valence-electron chi connectivity index (χ1n) is 5.44. The Balaban J connectivity index is 2.79. The van der Waals surface area contributed by atoms with E-state index in [1.807, 2.05) is 11.9 Å². The summed E-state index contributed by atoms with van der Waals surface area (Å²) in [4.78, 5) is 12.7. The molecule has 0 aliphatic rings. The molecule has 0 aromatic heterocycles. The van der Waals surface area contributed by atoms with Crippen molar-refractivity contribution in [3.63, 3.8) is 0 Å². The Morgan fingerprint density at radius 2 is 2.18 bits per heavy atom. The molecule has 4 N–H and O–H groups in total. The van der Waals surface area contributed by atoms with Crippen LogP contribution in [0.3, 0.4) is 0 Å². The molecule has 94 valence electrons. The third-order valence-electron chi connectivity index (χ3n) is 2.59. The summed E-state index contributed by atoms with van der Waals surface area (Å²) in [7, 11) is 1.87. The third-order valence-corrected chi connectivity index (χ3v) is 2.59. The van der Waals surface area contributed by atoms with Crippen LogP contribution < -0.4 is 10.6 Å². The second-order valence-corrected chi connectivity index (χ2v) is 4.14. The smallest absolute Gasteiger partial charge is 0.337 e. The van der Waals surface area contributed by atoms with Crippen molar-refractivity contribution in [1.29, 1.82) is 0 Å². The van der Waals surface area contributed by atoms with Crippen LogP contribution in [-0.4, -0.2) is 35.9 Å². The molecule has 0 heterocycles. The highest BCUT2D eigenvalue weighted by atomic mass is 16.4. The average Bonchev–Trinajstić information content (AvgIpc) is 2.25. The van der Waals surface area contributed by atoms with Crippen LogP contribution in [0.15, 0.2) is 18.2 Å². The minimum absolute atomic E-state index is 0.109. The van der Waals surface area contributed by atoms with E-state index in [4.69, 9.17) is 10.8 Å². The molecule has 0 radical (unpaired) electrons. The number of hydrogen-bond acceptors (Lipinski definition) is 4. The van der Waals surface area contributed by atoms with Crippen molar-refractivity contribution in [3.05, 3.63) is 23.8 Å². The van der Waals surface area contributed by atoms with Crippen molar-refractivity contribution in [3.8, 4) is 0 Å². The first-order valence-corrected chi connectivity index (χ1v) is 5.44. The number of carboxylic acid groups (broad SMARTS) is 1. The monoisotopic (exact) mass is 238 g/mol. The van der Waals surface area contributed by atoms with Crippen molar-refractivity contribution < 1.29 is 15.0 Å². The number of nitrogens with zero attached hydrogens (tertiary/aromatic N) is 1. The standard InChI is InChI=1S/C12H18N2O3/c1-8(15)5-6-14(2)9-3-4-10(12(16)17)11(13)7-9/h3-4,7-8,15H,5-6,13H2,1-2H3,(H,16,17). The summed E-state index contributed by atoms with van der Waals surface area (Å²) in [6, 6.07) is 4.83. The van der Waals surface area contributed by atoms with Crippen LogP contribution in [0, 0.1) is 0 Å². The molecule has 5 nitrogen and oxygen atoms in total. The van der Waals surface area contributed by atoms with Gasteiger partial charge in [0.1, 0.15) is 0 Å². The van der Waals surface area contributed by atoms with Crippen molar-refractivity contribution in [2.24, 2.45) is 0 Å². The molecule has 0 bridgehead atoms. The van der Waals surface area contributed by atoms with Crippen molar-refractivity contribution in [2.45, 2.75) is 19.4 Å². The highest BCUT2D eigenvalue weighted by Crippen LogP contribution is 2.21. The third kappa shape index (κ3) is 3.64. The summed E-state index contributed by atoms with van der Waals surface area (Å²) in [5.74, 6) is -1.03. The van der Waals surface area contributed by atoms with E-state index in [2.05, 4.69) is 0 Å². The van der Waals surface area contributed by atoms with Crippen LogP contribution in [0.5, 0.6) is 0 Å². The number of aliphatic hydroxyl groups excluding tert-OH is 1. The van der Waals surface area contributed by atoms with E-state index in [0.717, 1.165) is 5.69 Å². The van der Waals surface area contributed by atoms with Gasteiger partial charge < -0.3 is 20.8 Å². The van der Waals surface area contributed by atoms with Crippen LogP contribution in [-0.2, 0) is 0 Å². The predicted octanol–water partition coefficient (Wildman–Crippen LogP) is 1.17. The number of aromatic carboxylic acids is 1. The van der Waals surface area contributed by atoms with Gasteiger partial charge in [0.25, 0.3) is 0 Å². The molecule has 1 rings (SSSR count). The number of nitrogen functional groups attached to an aromatic ring is 1. The van der Waals surface area contributed by atoms with Gasteiger partial charge in [-0.3, -0.25) is 0 Å². The van der Waals surface area contributed by atoms with Crippen LogP contribution in [0.1, 0.15) is 23.7 Å². The maximum atomic E-state index is 10.8. The van der Waals surface area contributed by atoms with Gasteiger partial charge in [0, 0.05) is 25.0 Å². The molecule has 1 aromatic carbocycles. The van der Waals surface area contributed by atoms with Crippen molar-refractivity contribution in [2.75, 3.05) is 24.2 Å². The van der Waals surface area contributed by atoms with E-state index < -0.39 is 5.97 Å². The van der Waals surface area contributed by atoms with E-state index >= 15 is 0 Å². The summed E-state index contributed by atoms with van der Waals surface area (Å²) in [6.45, 7) is 2.42. The van der Waals surface area contributed by atoms with Crippen LogP contribution >= 0.6 is 0 Å². The van der Waals surface area contributed by atoms with E-state index in [0.29, 0.717) is 13.0 Å². The molecule has 0 amide bonds. The van der Waals surface area contributed by atoms with E-state index in [1.165, 1.54) is 6.07 Å². The minimum atomic E-state index is -1.03. The van der Waals surface area contributed by atoms with E-state index in [-0.39, 0.29) is 17.4 Å². The van der Waals surface area contributed by atoms with Gasteiger partial charge in [-0.15, -0.1) is 0 Å². The van der Waals surface area contributed by atoms with Gasteiger partial charge in [-0.25, -0.2) is 4.79 Å². The number of rotatable bonds is 5. The second kappa shape index (κ2) is 5.54. The Labute approximate surface area is 100 Å². The summed E-state index contributed by atoms with van der Waals surface area (Å²) in [6.07, 6.45) is 0.296. The van der Waals surface area contributed by atoms with Gasteiger partial charge in [-0.05, 0) is 31.5 Å². The molecule has 0 fully saturated rings. The number of aliphatic hydroxyl groups is 1. The molecular weight excluding hydrogens is 220 g/mol. The zero-order valence-electron chi connectivity index (χ0n) is 10.1. The largest absolute Gasteiger partial charge is 0.478 e. The lowest BCUT2D eigenvalue weighted by Gasteiger charge is -2.20. The topological polar surface area (TPSA) is 86.8 Å². The van der Waals surface area contributed by atoms with Gasteiger partial charge >= 0.3 is 5.97 Å². The first-order chi connectivity index (χ1) is 7.91.